The monoisotopic (exact) mass is 215 g/mol. The van der Waals surface area contributed by atoms with Gasteiger partial charge in [0.05, 0.1) is 11.4 Å². The van der Waals surface area contributed by atoms with Gasteiger partial charge in [-0.15, -0.1) is 0 Å². The van der Waals surface area contributed by atoms with Gasteiger partial charge in [-0.05, 0) is 30.7 Å². The highest BCUT2D eigenvalue weighted by molar-refractivity contribution is 5.77. The number of nitrogens with two attached hydrogens (primary N) is 1. The maximum atomic E-state index is 9.51. The molecule has 0 amide bonds. The summed E-state index contributed by atoms with van der Waals surface area (Å²) in [5, 5.41) is 15.4. The van der Waals surface area contributed by atoms with Crippen molar-refractivity contribution >= 4 is 17.6 Å². The molecule has 0 spiro atoms. The molecule has 16 heavy (non-hydrogen) atoms. The molecule has 1 aliphatic rings. The molecule has 1 aromatic carbocycles. The molecule has 3 N–H and O–H groups in total. The Kier molecular flexibility index (Phi) is 2.64. The van der Waals surface area contributed by atoms with Crippen LogP contribution in [0, 0.1) is 6.92 Å². The number of rotatable bonds is 1. The molecule has 1 aromatic rings. The van der Waals surface area contributed by atoms with Crippen molar-refractivity contribution in [3.8, 4) is 5.75 Å². The second-order valence-electron chi connectivity index (χ2n) is 3.53. The normalized spacial score (nSPS) is 14.2. The summed E-state index contributed by atoms with van der Waals surface area (Å²) < 4.78 is 0. The van der Waals surface area contributed by atoms with Crippen molar-refractivity contribution in [1.29, 1.82) is 0 Å². The lowest BCUT2D eigenvalue weighted by Gasteiger charge is -2.17. The fraction of sp³-hybridized carbons (Fsp3) is 0.0833. The lowest BCUT2D eigenvalue weighted by atomic mass is 10.1. The maximum Gasteiger partial charge on any atom is 0.120 e. The van der Waals surface area contributed by atoms with Gasteiger partial charge < -0.3 is 10.8 Å². The first-order valence-electron chi connectivity index (χ1n) is 4.94. The number of hydrogen-bond acceptors (Lipinski definition) is 4. The van der Waals surface area contributed by atoms with Crippen LogP contribution in [0.25, 0.3) is 0 Å². The predicted molar refractivity (Wildman–Crippen MR) is 66.5 cm³/mol. The summed E-state index contributed by atoms with van der Waals surface area (Å²) in [4.78, 5) is 0. The SMILES string of the molecule is Cc1cc(N2C=CC=CC=N2)c(N)cc1O. The summed E-state index contributed by atoms with van der Waals surface area (Å²) in [6.07, 6.45) is 9.07. The first-order valence-corrected chi connectivity index (χ1v) is 4.94. The van der Waals surface area contributed by atoms with Crippen LogP contribution in [-0.4, -0.2) is 11.3 Å². The lowest BCUT2D eigenvalue weighted by Crippen LogP contribution is -2.09. The quantitative estimate of drug-likeness (QED) is 0.706. The number of nitrogen functional groups attached to an aromatic ring is 1. The first-order chi connectivity index (χ1) is 7.68. The highest BCUT2D eigenvalue weighted by Crippen LogP contribution is 2.31. The van der Waals surface area contributed by atoms with Gasteiger partial charge >= 0.3 is 0 Å². The van der Waals surface area contributed by atoms with E-state index in [9.17, 15) is 5.11 Å². The van der Waals surface area contributed by atoms with Crippen LogP contribution < -0.4 is 10.7 Å². The van der Waals surface area contributed by atoms with Gasteiger partial charge in [-0.25, -0.2) is 5.01 Å². The minimum atomic E-state index is 0.196. The van der Waals surface area contributed by atoms with Crippen LogP contribution in [0.1, 0.15) is 5.56 Å². The number of benzene rings is 1. The predicted octanol–water partition coefficient (Wildman–Crippen LogP) is 2.16. The highest BCUT2D eigenvalue weighted by Gasteiger charge is 2.09. The van der Waals surface area contributed by atoms with E-state index >= 15 is 0 Å². The van der Waals surface area contributed by atoms with E-state index in [4.69, 9.17) is 5.73 Å². The highest BCUT2D eigenvalue weighted by atomic mass is 16.3. The number of hydrazone groups is 1. The zero-order valence-corrected chi connectivity index (χ0v) is 8.96. The second-order valence-corrected chi connectivity index (χ2v) is 3.53. The summed E-state index contributed by atoms with van der Waals surface area (Å²) in [6.45, 7) is 1.82. The van der Waals surface area contributed by atoms with Gasteiger partial charge in [0.25, 0.3) is 0 Å². The molecule has 0 aromatic heterocycles. The summed E-state index contributed by atoms with van der Waals surface area (Å²) in [6, 6.07) is 3.34. The molecule has 1 aliphatic heterocycles. The number of phenolic OH excluding ortho intramolecular Hbond substituents is 1. The zero-order valence-electron chi connectivity index (χ0n) is 8.96. The minimum absolute atomic E-state index is 0.196. The third kappa shape index (κ3) is 1.91. The Labute approximate surface area is 94.0 Å². The second kappa shape index (κ2) is 4.10. The standard InChI is InChI=1S/C12H13N3O/c1-9-7-11(10(13)8-12(9)16)15-6-4-2-3-5-14-15/h2-8,16H,13H2,1H3. The molecule has 0 atom stereocenters. The lowest BCUT2D eigenvalue weighted by molar-refractivity contribution is 0.471. The van der Waals surface area contributed by atoms with E-state index in [-0.39, 0.29) is 5.75 Å². The van der Waals surface area contributed by atoms with Gasteiger partial charge in [0.15, 0.2) is 0 Å². The van der Waals surface area contributed by atoms with E-state index in [0.717, 1.165) is 11.3 Å². The Morgan fingerprint density at radius 2 is 2.06 bits per heavy atom. The van der Waals surface area contributed by atoms with E-state index in [1.807, 2.05) is 31.4 Å². The molecule has 0 saturated carbocycles. The number of anilines is 2. The van der Waals surface area contributed by atoms with Crippen LogP contribution in [0.5, 0.6) is 5.75 Å². The third-order valence-electron chi connectivity index (χ3n) is 2.32. The molecule has 0 aliphatic carbocycles. The Morgan fingerprint density at radius 3 is 2.88 bits per heavy atom. The van der Waals surface area contributed by atoms with Gasteiger partial charge in [0, 0.05) is 18.5 Å². The van der Waals surface area contributed by atoms with Crippen molar-refractivity contribution in [2.24, 2.45) is 5.10 Å². The molecular weight excluding hydrogens is 202 g/mol. The van der Waals surface area contributed by atoms with E-state index in [2.05, 4.69) is 5.10 Å². The molecule has 1 heterocycles. The molecule has 0 unspecified atom stereocenters. The van der Waals surface area contributed by atoms with Gasteiger partial charge in [0.2, 0.25) is 0 Å². The Morgan fingerprint density at radius 1 is 1.25 bits per heavy atom. The van der Waals surface area contributed by atoms with Crippen molar-refractivity contribution < 1.29 is 5.11 Å². The topological polar surface area (TPSA) is 61.8 Å². The summed E-state index contributed by atoms with van der Waals surface area (Å²) in [5.74, 6) is 0.196. The average Bonchev–Trinajstić information content (AvgIpc) is 2.52. The molecule has 4 heteroatoms. The molecule has 2 rings (SSSR count). The molecule has 0 saturated heterocycles. The number of aryl methyl sites for hydroxylation is 1. The van der Waals surface area contributed by atoms with Crippen molar-refractivity contribution in [2.75, 3.05) is 10.7 Å². The Bertz CT molecular complexity index is 473. The van der Waals surface area contributed by atoms with Crippen molar-refractivity contribution in [3.05, 3.63) is 42.1 Å². The summed E-state index contributed by atoms with van der Waals surface area (Å²) in [7, 11) is 0. The van der Waals surface area contributed by atoms with Crippen LogP contribution in [0.3, 0.4) is 0 Å². The third-order valence-corrected chi connectivity index (χ3v) is 2.32. The number of phenols is 1. The molecule has 0 radical (unpaired) electrons. The van der Waals surface area contributed by atoms with E-state index in [1.165, 1.54) is 6.07 Å². The number of allylic oxidation sites excluding steroid dienone is 3. The van der Waals surface area contributed by atoms with Gasteiger partial charge in [-0.3, -0.25) is 0 Å². The van der Waals surface area contributed by atoms with Crippen molar-refractivity contribution in [3.63, 3.8) is 0 Å². The fourth-order valence-electron chi connectivity index (χ4n) is 1.43. The summed E-state index contributed by atoms with van der Waals surface area (Å²) in [5.41, 5.74) is 7.86. The number of hydrogen-bond donors (Lipinski definition) is 2. The number of aromatic hydroxyl groups is 1. The molecule has 4 nitrogen and oxygen atoms in total. The molecular formula is C12H13N3O. The van der Waals surface area contributed by atoms with E-state index in [1.54, 1.807) is 17.3 Å². The smallest absolute Gasteiger partial charge is 0.120 e. The fourth-order valence-corrected chi connectivity index (χ4v) is 1.43. The number of nitrogens with zero attached hydrogens (tertiary/aromatic N) is 2. The maximum absolute atomic E-state index is 9.51. The largest absolute Gasteiger partial charge is 0.508 e. The first kappa shape index (κ1) is 10.3. The van der Waals surface area contributed by atoms with Crippen LogP contribution in [0.15, 0.2) is 41.7 Å². The summed E-state index contributed by atoms with van der Waals surface area (Å²) >= 11 is 0. The van der Waals surface area contributed by atoms with Gasteiger partial charge in [0.1, 0.15) is 5.75 Å². The average molecular weight is 215 g/mol. The molecule has 0 fully saturated rings. The van der Waals surface area contributed by atoms with E-state index < -0.39 is 0 Å². The zero-order chi connectivity index (χ0) is 11.5. The molecule has 0 bridgehead atoms. The van der Waals surface area contributed by atoms with Gasteiger partial charge in [-0.1, -0.05) is 6.08 Å². The van der Waals surface area contributed by atoms with Crippen molar-refractivity contribution in [2.45, 2.75) is 6.92 Å². The minimum Gasteiger partial charge on any atom is -0.508 e. The van der Waals surface area contributed by atoms with Crippen LogP contribution >= 0.6 is 0 Å². The van der Waals surface area contributed by atoms with Crippen LogP contribution in [0.4, 0.5) is 11.4 Å². The van der Waals surface area contributed by atoms with Crippen LogP contribution in [-0.2, 0) is 0 Å². The Hall–Kier alpha value is -2.23. The van der Waals surface area contributed by atoms with E-state index in [0.29, 0.717) is 5.69 Å². The molecule has 82 valence electrons. The van der Waals surface area contributed by atoms with Crippen molar-refractivity contribution in [1.82, 2.24) is 0 Å². The Balaban J connectivity index is 2.44. The van der Waals surface area contributed by atoms with Crippen LogP contribution in [0.2, 0.25) is 0 Å². The van der Waals surface area contributed by atoms with Gasteiger partial charge in [-0.2, -0.15) is 5.10 Å².